The van der Waals surface area contributed by atoms with Crippen molar-refractivity contribution in [2.45, 2.75) is 57.9 Å². The van der Waals surface area contributed by atoms with Gasteiger partial charge in [-0.1, -0.05) is 74.5 Å². The average Bonchev–Trinajstić information content (AvgIpc) is 2.89. The number of alkyl carbamates (subject to hydrolysis) is 1. The van der Waals surface area contributed by atoms with Gasteiger partial charge in [0.25, 0.3) is 0 Å². The van der Waals surface area contributed by atoms with Crippen molar-refractivity contribution in [3.05, 3.63) is 71.8 Å². The lowest BCUT2D eigenvalue weighted by molar-refractivity contribution is -0.128. The van der Waals surface area contributed by atoms with Gasteiger partial charge in [-0.25, -0.2) is 13.2 Å². The lowest BCUT2D eigenvalue weighted by Gasteiger charge is -2.30. The van der Waals surface area contributed by atoms with Gasteiger partial charge in [-0.05, 0) is 29.9 Å². The van der Waals surface area contributed by atoms with Crippen molar-refractivity contribution in [3.8, 4) is 0 Å². The SMILES string of the molecule is CC(C)CCN(C[C@@H](O)[C@H](Cc1ccccc1)NC(=O)C(CC(N)=O)NC(=O)OCc1ccccc1)S(C)(=O)=O. The fourth-order valence-corrected chi connectivity index (χ4v) is 4.74. The summed E-state index contributed by atoms with van der Waals surface area (Å²) in [4.78, 5) is 37.4. The number of hydrogen-bond donors (Lipinski definition) is 4. The van der Waals surface area contributed by atoms with Crippen LogP contribution in [0.2, 0.25) is 0 Å². The van der Waals surface area contributed by atoms with Gasteiger partial charge in [0.2, 0.25) is 21.8 Å². The number of carbonyl (C=O) groups is 3. The molecule has 0 aliphatic heterocycles. The van der Waals surface area contributed by atoms with Crippen molar-refractivity contribution in [3.63, 3.8) is 0 Å². The third-order valence-electron chi connectivity index (χ3n) is 6.13. The molecule has 12 heteroatoms. The summed E-state index contributed by atoms with van der Waals surface area (Å²) in [5.74, 6) is -1.37. The molecular weight excluding hydrogens is 536 g/mol. The van der Waals surface area contributed by atoms with Gasteiger partial charge in [0, 0.05) is 13.1 Å². The van der Waals surface area contributed by atoms with Crippen molar-refractivity contribution in [1.82, 2.24) is 14.9 Å². The summed E-state index contributed by atoms with van der Waals surface area (Å²) >= 11 is 0. The zero-order valence-electron chi connectivity index (χ0n) is 23.2. The van der Waals surface area contributed by atoms with Crippen molar-refractivity contribution >= 4 is 27.9 Å². The first-order valence-corrected chi connectivity index (χ1v) is 14.9. The van der Waals surface area contributed by atoms with Crippen LogP contribution in [0.1, 0.15) is 37.8 Å². The van der Waals surface area contributed by atoms with E-state index in [1.54, 1.807) is 48.5 Å². The van der Waals surface area contributed by atoms with Gasteiger partial charge in [0.1, 0.15) is 12.6 Å². The Labute approximate surface area is 236 Å². The maximum absolute atomic E-state index is 13.3. The van der Waals surface area contributed by atoms with Crippen molar-refractivity contribution in [1.29, 1.82) is 0 Å². The summed E-state index contributed by atoms with van der Waals surface area (Å²) in [5, 5.41) is 16.2. The van der Waals surface area contributed by atoms with E-state index in [1.807, 2.05) is 26.0 Å². The van der Waals surface area contributed by atoms with Crippen LogP contribution in [0.4, 0.5) is 4.79 Å². The van der Waals surface area contributed by atoms with Crippen LogP contribution in [0, 0.1) is 5.92 Å². The number of nitrogens with one attached hydrogen (secondary N) is 2. The van der Waals surface area contributed by atoms with Crippen LogP contribution in [-0.4, -0.2) is 73.3 Å². The van der Waals surface area contributed by atoms with E-state index in [4.69, 9.17) is 10.5 Å². The molecule has 3 atom stereocenters. The largest absolute Gasteiger partial charge is 0.445 e. The molecule has 2 aromatic rings. The zero-order chi connectivity index (χ0) is 29.7. The maximum atomic E-state index is 13.3. The Morgan fingerprint density at radius 3 is 2.08 bits per heavy atom. The monoisotopic (exact) mass is 576 g/mol. The van der Waals surface area contributed by atoms with E-state index in [0.29, 0.717) is 6.42 Å². The number of carbonyl (C=O) groups excluding carboxylic acids is 3. The predicted octanol–water partition coefficient (Wildman–Crippen LogP) is 1.55. The summed E-state index contributed by atoms with van der Waals surface area (Å²) in [5.41, 5.74) is 6.83. The third-order valence-corrected chi connectivity index (χ3v) is 7.40. The topological polar surface area (TPSA) is 168 Å². The van der Waals surface area contributed by atoms with E-state index in [1.165, 1.54) is 4.31 Å². The number of nitrogens with zero attached hydrogens (tertiary/aromatic N) is 1. The minimum atomic E-state index is -3.64. The fraction of sp³-hybridized carbons (Fsp3) is 0.464. The highest BCUT2D eigenvalue weighted by Crippen LogP contribution is 2.13. The maximum Gasteiger partial charge on any atom is 0.408 e. The normalized spacial score (nSPS) is 13.8. The highest BCUT2D eigenvalue weighted by Gasteiger charge is 2.31. The second-order valence-corrected chi connectivity index (χ2v) is 12.1. The first-order valence-electron chi connectivity index (χ1n) is 13.1. The van der Waals surface area contributed by atoms with Crippen LogP contribution < -0.4 is 16.4 Å². The summed E-state index contributed by atoms with van der Waals surface area (Å²) in [6, 6.07) is 15.6. The third kappa shape index (κ3) is 12.1. The second-order valence-electron chi connectivity index (χ2n) is 10.1. The van der Waals surface area contributed by atoms with Gasteiger partial charge in [0.05, 0.1) is 24.8 Å². The molecule has 3 amide bonds. The number of hydrogen-bond acceptors (Lipinski definition) is 7. The smallest absolute Gasteiger partial charge is 0.408 e. The summed E-state index contributed by atoms with van der Waals surface area (Å²) in [6.07, 6.45) is -0.918. The standard InChI is InChI=1S/C28H40N4O7S/c1-20(2)14-15-32(40(3,37)38)18-25(33)23(16-21-10-6-4-7-11-21)30-27(35)24(17-26(29)34)31-28(36)39-19-22-12-8-5-9-13-22/h4-13,20,23-25,33H,14-19H2,1-3H3,(H2,29,34)(H,30,35)(H,31,36)/t23-,24?,25+/m0/s1. The molecule has 0 aliphatic rings. The lowest BCUT2D eigenvalue weighted by atomic mass is 10.00. The van der Waals surface area contributed by atoms with Gasteiger partial charge < -0.3 is 26.2 Å². The number of nitrogens with two attached hydrogens (primary N) is 1. The summed E-state index contributed by atoms with van der Waals surface area (Å²) in [7, 11) is -3.64. The Balaban J connectivity index is 2.19. The van der Waals surface area contributed by atoms with Crippen LogP contribution in [0.5, 0.6) is 0 Å². The van der Waals surface area contributed by atoms with E-state index in [2.05, 4.69) is 10.6 Å². The average molecular weight is 577 g/mol. The Kier molecular flexibility index (Phi) is 13.0. The molecule has 0 saturated carbocycles. The Hall–Kier alpha value is -3.48. The Morgan fingerprint density at radius 2 is 1.55 bits per heavy atom. The van der Waals surface area contributed by atoms with Crippen LogP contribution in [0.15, 0.2) is 60.7 Å². The van der Waals surface area contributed by atoms with E-state index in [9.17, 15) is 27.9 Å². The molecule has 0 aromatic heterocycles. The molecule has 0 fully saturated rings. The van der Waals surface area contributed by atoms with Crippen LogP contribution in [0.3, 0.4) is 0 Å². The Bertz CT molecular complexity index is 1190. The second kappa shape index (κ2) is 15.9. The van der Waals surface area contributed by atoms with E-state index >= 15 is 0 Å². The molecule has 2 rings (SSSR count). The van der Waals surface area contributed by atoms with Crippen LogP contribution in [-0.2, 0) is 37.4 Å². The van der Waals surface area contributed by atoms with E-state index in [-0.39, 0.29) is 32.0 Å². The molecule has 2 aromatic carbocycles. The molecule has 1 unspecified atom stereocenters. The quantitative estimate of drug-likeness (QED) is 0.235. The molecule has 11 nitrogen and oxygen atoms in total. The van der Waals surface area contributed by atoms with E-state index in [0.717, 1.165) is 17.4 Å². The first-order chi connectivity index (χ1) is 18.8. The molecule has 0 heterocycles. The first kappa shape index (κ1) is 32.7. The minimum Gasteiger partial charge on any atom is -0.445 e. The van der Waals surface area contributed by atoms with Crippen LogP contribution in [0.25, 0.3) is 0 Å². The molecule has 0 radical (unpaired) electrons. The number of aliphatic hydroxyl groups is 1. The highest BCUT2D eigenvalue weighted by atomic mass is 32.2. The van der Waals surface area contributed by atoms with Gasteiger partial charge in [-0.15, -0.1) is 0 Å². The van der Waals surface area contributed by atoms with Crippen molar-refractivity contribution in [2.75, 3.05) is 19.3 Å². The van der Waals surface area contributed by atoms with Crippen molar-refractivity contribution < 1.29 is 32.6 Å². The molecule has 0 aliphatic carbocycles. The lowest BCUT2D eigenvalue weighted by Crippen LogP contribution is -2.56. The van der Waals surface area contributed by atoms with Crippen LogP contribution >= 0.6 is 0 Å². The molecule has 0 bridgehead atoms. The highest BCUT2D eigenvalue weighted by molar-refractivity contribution is 7.88. The number of benzene rings is 2. The number of primary amides is 1. The summed E-state index contributed by atoms with van der Waals surface area (Å²) < 4.78 is 31.2. The zero-order valence-corrected chi connectivity index (χ0v) is 24.0. The molecule has 0 spiro atoms. The van der Waals surface area contributed by atoms with Gasteiger partial charge in [-0.2, -0.15) is 4.31 Å². The summed E-state index contributed by atoms with van der Waals surface area (Å²) in [6.45, 7) is 3.83. The number of amides is 3. The number of aliphatic hydroxyl groups excluding tert-OH is 1. The number of sulfonamides is 1. The molecular formula is C28H40N4O7S. The van der Waals surface area contributed by atoms with Gasteiger partial charge >= 0.3 is 6.09 Å². The molecule has 5 N–H and O–H groups in total. The minimum absolute atomic E-state index is 0.0510. The fourth-order valence-electron chi connectivity index (χ4n) is 3.88. The van der Waals surface area contributed by atoms with Gasteiger partial charge in [0.15, 0.2) is 0 Å². The Morgan fingerprint density at radius 1 is 0.975 bits per heavy atom. The van der Waals surface area contributed by atoms with E-state index < -0.39 is 52.5 Å². The number of rotatable bonds is 16. The number of ether oxygens (including phenoxy) is 1. The van der Waals surface area contributed by atoms with Crippen molar-refractivity contribution in [2.24, 2.45) is 11.7 Å². The molecule has 220 valence electrons. The predicted molar refractivity (Wildman–Crippen MR) is 151 cm³/mol. The molecule has 40 heavy (non-hydrogen) atoms. The van der Waals surface area contributed by atoms with Gasteiger partial charge in [-0.3, -0.25) is 9.59 Å². The molecule has 0 saturated heterocycles.